The van der Waals surface area contributed by atoms with Crippen LogP contribution in [-0.4, -0.2) is 19.4 Å². The van der Waals surface area contributed by atoms with Crippen molar-refractivity contribution < 1.29 is 27.4 Å². The maximum atomic E-state index is 12.1. The average Bonchev–Trinajstić information content (AvgIpc) is 2.23. The van der Waals surface area contributed by atoms with Crippen molar-refractivity contribution in [3.05, 3.63) is 28.2 Å². The molecule has 1 aromatic carbocycles. The fourth-order valence-electron chi connectivity index (χ4n) is 1.22. The van der Waals surface area contributed by atoms with E-state index in [1.807, 2.05) is 0 Å². The third kappa shape index (κ3) is 4.19. The number of carbonyl (C=O) groups excluding carboxylic acids is 1. The summed E-state index contributed by atoms with van der Waals surface area (Å²) >= 11 is 3.00. The van der Waals surface area contributed by atoms with Gasteiger partial charge >= 0.3 is 12.3 Å². The molecule has 0 fully saturated rings. The van der Waals surface area contributed by atoms with Crippen LogP contribution in [0.1, 0.15) is 11.6 Å². The van der Waals surface area contributed by atoms with Gasteiger partial charge in [0.15, 0.2) is 0 Å². The summed E-state index contributed by atoms with van der Waals surface area (Å²) < 4.78 is 44.7. The van der Waals surface area contributed by atoms with E-state index in [0.717, 1.165) is 19.2 Å². The first-order chi connectivity index (χ1) is 8.23. The molecule has 4 nitrogen and oxygen atoms in total. The van der Waals surface area contributed by atoms with Gasteiger partial charge < -0.3 is 15.2 Å². The van der Waals surface area contributed by atoms with Gasteiger partial charge in [0.25, 0.3) is 0 Å². The zero-order valence-electron chi connectivity index (χ0n) is 9.12. The largest absolute Gasteiger partial charge is 0.573 e. The molecule has 0 aliphatic heterocycles. The van der Waals surface area contributed by atoms with E-state index in [0.29, 0.717) is 4.47 Å². The van der Waals surface area contributed by atoms with E-state index in [2.05, 4.69) is 25.4 Å². The van der Waals surface area contributed by atoms with E-state index in [4.69, 9.17) is 5.73 Å². The predicted octanol–water partition coefficient (Wildman–Crippen LogP) is 2.52. The monoisotopic (exact) mass is 327 g/mol. The summed E-state index contributed by atoms with van der Waals surface area (Å²) in [5, 5.41) is 0. The molecule has 0 spiro atoms. The molecule has 1 atom stereocenters. The summed E-state index contributed by atoms with van der Waals surface area (Å²) in [6.45, 7) is 0. The van der Waals surface area contributed by atoms with Crippen molar-refractivity contribution in [1.29, 1.82) is 0 Å². The lowest BCUT2D eigenvalue weighted by Crippen LogP contribution is -2.23. The van der Waals surface area contributed by atoms with Gasteiger partial charge in [-0.15, -0.1) is 13.2 Å². The normalized spacial score (nSPS) is 13.0. The molecule has 100 valence electrons. The highest BCUT2D eigenvalue weighted by atomic mass is 79.9. The van der Waals surface area contributed by atoms with E-state index < -0.39 is 24.1 Å². The number of halogens is 4. The first kappa shape index (κ1) is 14.8. The molecule has 0 aliphatic rings. The van der Waals surface area contributed by atoms with Crippen LogP contribution < -0.4 is 10.5 Å². The van der Waals surface area contributed by atoms with Gasteiger partial charge in [-0.3, -0.25) is 4.79 Å². The van der Waals surface area contributed by atoms with Gasteiger partial charge in [-0.2, -0.15) is 0 Å². The van der Waals surface area contributed by atoms with Crippen molar-refractivity contribution in [2.75, 3.05) is 7.11 Å². The number of rotatable bonds is 3. The molecule has 0 aliphatic carbocycles. The Morgan fingerprint density at radius 3 is 2.50 bits per heavy atom. The Bertz CT molecular complexity index is 450. The molecule has 1 aromatic rings. The fraction of sp³-hybridized carbons (Fsp3) is 0.300. The van der Waals surface area contributed by atoms with Gasteiger partial charge in [-0.25, -0.2) is 0 Å². The van der Waals surface area contributed by atoms with E-state index >= 15 is 0 Å². The second kappa shape index (κ2) is 5.57. The summed E-state index contributed by atoms with van der Waals surface area (Å²) in [6, 6.07) is 2.37. The Labute approximate surface area is 109 Å². The summed E-state index contributed by atoms with van der Waals surface area (Å²) in [4.78, 5) is 11.2. The smallest absolute Gasteiger partial charge is 0.468 e. The molecular formula is C10H9BrF3NO3. The van der Waals surface area contributed by atoms with Crippen LogP contribution in [-0.2, 0) is 9.53 Å². The minimum atomic E-state index is -4.81. The van der Waals surface area contributed by atoms with Gasteiger partial charge in [-0.1, -0.05) is 15.9 Å². The summed E-state index contributed by atoms with van der Waals surface area (Å²) in [7, 11) is 1.13. The molecule has 18 heavy (non-hydrogen) atoms. The molecule has 2 N–H and O–H groups in total. The van der Waals surface area contributed by atoms with E-state index in [1.54, 1.807) is 0 Å². The van der Waals surface area contributed by atoms with Gasteiger partial charge in [0.2, 0.25) is 0 Å². The zero-order chi connectivity index (χ0) is 13.9. The average molecular weight is 328 g/mol. The Morgan fingerprint density at radius 1 is 1.39 bits per heavy atom. The minimum absolute atomic E-state index is 0.149. The molecule has 0 saturated heterocycles. The van der Waals surface area contributed by atoms with Gasteiger partial charge in [0.1, 0.15) is 11.8 Å². The predicted molar refractivity (Wildman–Crippen MR) is 59.8 cm³/mol. The Balaban J connectivity index is 3.04. The second-order valence-corrected chi connectivity index (χ2v) is 4.18. The van der Waals surface area contributed by atoms with Crippen molar-refractivity contribution in [3.63, 3.8) is 0 Å². The zero-order valence-corrected chi connectivity index (χ0v) is 10.7. The number of hydrogen-bond donors (Lipinski definition) is 1. The highest BCUT2D eigenvalue weighted by Crippen LogP contribution is 2.29. The van der Waals surface area contributed by atoms with Crippen molar-refractivity contribution in [2.45, 2.75) is 12.4 Å². The summed E-state index contributed by atoms with van der Waals surface area (Å²) in [5.41, 5.74) is 5.67. The van der Waals surface area contributed by atoms with Crippen LogP contribution in [0.3, 0.4) is 0 Å². The number of nitrogens with two attached hydrogens (primary N) is 1. The lowest BCUT2D eigenvalue weighted by molar-refractivity contribution is -0.274. The van der Waals surface area contributed by atoms with Crippen LogP contribution in [0, 0.1) is 0 Å². The van der Waals surface area contributed by atoms with Crippen LogP contribution in [0.2, 0.25) is 0 Å². The van der Waals surface area contributed by atoms with E-state index in [1.165, 1.54) is 6.07 Å². The molecule has 0 bridgehead atoms. The summed E-state index contributed by atoms with van der Waals surface area (Å²) in [5.74, 6) is -1.22. The molecule has 1 rings (SSSR count). The SMILES string of the molecule is COC(=O)[C@H](N)c1cc(Br)cc(OC(F)(F)F)c1. The quantitative estimate of drug-likeness (QED) is 0.866. The Kier molecular flexibility index (Phi) is 4.58. The van der Waals surface area contributed by atoms with Crippen molar-refractivity contribution >= 4 is 21.9 Å². The van der Waals surface area contributed by atoms with Crippen LogP contribution >= 0.6 is 15.9 Å². The minimum Gasteiger partial charge on any atom is -0.468 e. The Hall–Kier alpha value is -1.28. The fourth-order valence-corrected chi connectivity index (χ4v) is 1.71. The number of ether oxygens (including phenoxy) is 2. The van der Waals surface area contributed by atoms with Crippen LogP contribution in [0.5, 0.6) is 5.75 Å². The number of methoxy groups -OCH3 is 1. The van der Waals surface area contributed by atoms with Crippen LogP contribution in [0.25, 0.3) is 0 Å². The number of benzene rings is 1. The van der Waals surface area contributed by atoms with Crippen LogP contribution in [0.4, 0.5) is 13.2 Å². The topological polar surface area (TPSA) is 61.5 Å². The third-order valence-electron chi connectivity index (χ3n) is 1.94. The molecule has 0 amide bonds. The van der Waals surface area contributed by atoms with Crippen molar-refractivity contribution in [3.8, 4) is 5.75 Å². The maximum Gasteiger partial charge on any atom is 0.573 e. The van der Waals surface area contributed by atoms with E-state index in [9.17, 15) is 18.0 Å². The number of carbonyl (C=O) groups is 1. The lowest BCUT2D eigenvalue weighted by atomic mass is 10.1. The number of alkyl halides is 3. The molecule has 0 unspecified atom stereocenters. The molecular weight excluding hydrogens is 319 g/mol. The van der Waals surface area contributed by atoms with Gasteiger partial charge in [0, 0.05) is 4.47 Å². The highest BCUT2D eigenvalue weighted by Gasteiger charge is 2.31. The third-order valence-corrected chi connectivity index (χ3v) is 2.40. The molecule has 0 saturated carbocycles. The number of hydrogen-bond acceptors (Lipinski definition) is 4. The standard InChI is InChI=1S/C10H9BrF3NO3/c1-17-9(16)8(15)5-2-6(11)4-7(3-5)18-10(12,13)14/h2-4,8H,15H2,1H3/t8-/m1/s1. The molecule has 0 aromatic heterocycles. The first-order valence-electron chi connectivity index (χ1n) is 4.62. The first-order valence-corrected chi connectivity index (χ1v) is 5.42. The molecule has 0 radical (unpaired) electrons. The molecule has 8 heteroatoms. The van der Waals surface area contributed by atoms with Crippen LogP contribution in [0.15, 0.2) is 22.7 Å². The Morgan fingerprint density at radius 2 is 2.00 bits per heavy atom. The van der Waals surface area contributed by atoms with Gasteiger partial charge in [0.05, 0.1) is 7.11 Å². The number of esters is 1. The van der Waals surface area contributed by atoms with Gasteiger partial charge in [-0.05, 0) is 23.8 Å². The molecule has 0 heterocycles. The van der Waals surface area contributed by atoms with Crippen molar-refractivity contribution in [1.82, 2.24) is 0 Å². The maximum absolute atomic E-state index is 12.1. The lowest BCUT2D eigenvalue weighted by Gasteiger charge is -2.13. The second-order valence-electron chi connectivity index (χ2n) is 3.27. The van der Waals surface area contributed by atoms with Crippen molar-refractivity contribution in [2.24, 2.45) is 5.73 Å². The highest BCUT2D eigenvalue weighted by molar-refractivity contribution is 9.10. The summed E-state index contributed by atoms with van der Waals surface area (Å²) in [6.07, 6.45) is -4.81. The van der Waals surface area contributed by atoms with E-state index in [-0.39, 0.29) is 5.56 Å².